The van der Waals surface area contributed by atoms with Crippen molar-refractivity contribution in [3.63, 3.8) is 0 Å². The number of ether oxygens (including phenoxy) is 1. The number of halogens is 3. The van der Waals surface area contributed by atoms with Gasteiger partial charge in [-0.3, -0.25) is 9.78 Å². The van der Waals surface area contributed by atoms with Gasteiger partial charge in [0.15, 0.2) is 0 Å². The van der Waals surface area contributed by atoms with E-state index in [2.05, 4.69) is 15.0 Å². The third-order valence-electron chi connectivity index (χ3n) is 5.67. The van der Waals surface area contributed by atoms with Gasteiger partial charge in [-0.25, -0.2) is 0 Å². The van der Waals surface area contributed by atoms with Gasteiger partial charge in [-0.1, -0.05) is 17.7 Å². The Labute approximate surface area is 198 Å². The first-order chi connectivity index (χ1) is 16.8. The van der Waals surface area contributed by atoms with Crippen LogP contribution in [0.2, 0.25) is 0 Å². The number of carbonyl (C=O) groups is 1. The van der Waals surface area contributed by atoms with E-state index in [0.717, 1.165) is 33.1 Å². The Kier molecular flexibility index (Phi) is 5.64. The molecule has 3 aromatic carbocycles. The van der Waals surface area contributed by atoms with Gasteiger partial charge >= 0.3 is 6.36 Å². The Hall–Kier alpha value is -4.33. The molecular weight excluding hydrogens is 455 g/mol. The van der Waals surface area contributed by atoms with E-state index in [0.29, 0.717) is 17.8 Å². The maximum Gasteiger partial charge on any atom is 0.573 e. The van der Waals surface area contributed by atoms with Crippen molar-refractivity contribution in [2.45, 2.75) is 19.8 Å². The minimum Gasteiger partial charge on any atom is -0.406 e. The van der Waals surface area contributed by atoms with Crippen molar-refractivity contribution in [1.82, 2.24) is 14.9 Å². The first kappa shape index (κ1) is 22.5. The van der Waals surface area contributed by atoms with E-state index in [1.165, 1.54) is 12.1 Å². The molecule has 1 N–H and O–H groups in total. The van der Waals surface area contributed by atoms with Crippen molar-refractivity contribution in [3.8, 4) is 11.4 Å². The molecule has 0 fully saturated rings. The molecule has 2 aromatic heterocycles. The molecule has 176 valence electrons. The first-order valence-electron chi connectivity index (χ1n) is 10.9. The number of fused-ring (bicyclic) bond motifs is 3. The lowest BCUT2D eigenvalue weighted by atomic mass is 10.1. The summed E-state index contributed by atoms with van der Waals surface area (Å²) in [5.41, 5.74) is 4.69. The molecule has 0 atom stereocenters. The van der Waals surface area contributed by atoms with Crippen LogP contribution >= 0.6 is 0 Å². The Morgan fingerprint density at radius 1 is 0.943 bits per heavy atom. The van der Waals surface area contributed by atoms with Crippen LogP contribution in [0.5, 0.6) is 5.75 Å². The predicted octanol–water partition coefficient (Wildman–Crippen LogP) is 6.32. The van der Waals surface area contributed by atoms with Crippen LogP contribution in [0.15, 0.2) is 85.1 Å². The summed E-state index contributed by atoms with van der Waals surface area (Å²) in [6, 6.07) is 22.6. The molecule has 0 aliphatic heterocycles. The maximum atomic E-state index is 12.8. The summed E-state index contributed by atoms with van der Waals surface area (Å²) in [5.74, 6) is -0.510. The highest BCUT2D eigenvalue weighted by molar-refractivity contribution is 6.11. The number of aromatic nitrogens is 2. The van der Waals surface area contributed by atoms with E-state index in [4.69, 9.17) is 0 Å². The first-order valence-corrected chi connectivity index (χ1v) is 10.9. The fourth-order valence-electron chi connectivity index (χ4n) is 4.13. The normalized spacial score (nSPS) is 11.7. The van der Waals surface area contributed by atoms with Crippen molar-refractivity contribution >= 4 is 27.7 Å². The van der Waals surface area contributed by atoms with Crippen LogP contribution in [0, 0.1) is 6.92 Å². The molecule has 0 aliphatic rings. The number of nitrogens with one attached hydrogen (secondary N) is 1. The van der Waals surface area contributed by atoms with Crippen molar-refractivity contribution in [2.75, 3.05) is 0 Å². The second-order valence-corrected chi connectivity index (χ2v) is 8.13. The number of carbonyl (C=O) groups excluding carboxylic acids is 1. The largest absolute Gasteiger partial charge is 0.573 e. The summed E-state index contributed by atoms with van der Waals surface area (Å²) in [6.45, 7) is 2.29. The van der Waals surface area contributed by atoms with E-state index in [9.17, 15) is 18.0 Å². The van der Waals surface area contributed by atoms with Gasteiger partial charge in [0.25, 0.3) is 5.91 Å². The highest BCUT2D eigenvalue weighted by Crippen LogP contribution is 2.34. The summed E-state index contributed by atoms with van der Waals surface area (Å²) in [6.07, 6.45) is -3.08. The third-order valence-corrected chi connectivity index (χ3v) is 5.67. The number of aryl methyl sites for hydroxylation is 1. The zero-order valence-corrected chi connectivity index (χ0v) is 18.6. The molecule has 0 unspecified atom stereocenters. The quantitative estimate of drug-likeness (QED) is 0.324. The molecule has 5 rings (SSSR count). The standard InChI is InChI=1S/C27H20F3N3O2/c1-17-5-11-24-22(14-17)23-15-18(26(34)32-16-19-4-2-3-13-31-19)6-12-25(23)33(24)20-7-9-21(10-8-20)35-27(28,29)30/h2-15H,16H2,1H3,(H,32,34). The number of alkyl halides is 3. The van der Waals surface area contributed by atoms with E-state index >= 15 is 0 Å². The summed E-state index contributed by atoms with van der Waals surface area (Å²) >= 11 is 0. The Morgan fingerprint density at radius 2 is 1.66 bits per heavy atom. The molecule has 0 aliphatic carbocycles. The topological polar surface area (TPSA) is 56.2 Å². The number of hydrogen-bond acceptors (Lipinski definition) is 3. The molecule has 0 radical (unpaired) electrons. The lowest BCUT2D eigenvalue weighted by Crippen LogP contribution is -2.23. The van der Waals surface area contributed by atoms with Gasteiger partial charge in [0, 0.05) is 28.2 Å². The van der Waals surface area contributed by atoms with Gasteiger partial charge in [0.05, 0.1) is 23.3 Å². The number of hydrogen-bond donors (Lipinski definition) is 1. The van der Waals surface area contributed by atoms with Gasteiger partial charge < -0.3 is 14.6 Å². The molecule has 5 aromatic rings. The molecule has 0 bridgehead atoms. The minimum absolute atomic E-state index is 0.222. The Morgan fingerprint density at radius 3 is 2.34 bits per heavy atom. The van der Waals surface area contributed by atoms with Crippen LogP contribution in [0.1, 0.15) is 21.6 Å². The van der Waals surface area contributed by atoms with E-state index < -0.39 is 6.36 Å². The molecule has 2 heterocycles. The maximum absolute atomic E-state index is 12.8. The van der Waals surface area contributed by atoms with E-state index in [1.807, 2.05) is 60.0 Å². The van der Waals surface area contributed by atoms with Crippen LogP contribution in [0.25, 0.3) is 27.5 Å². The average molecular weight is 475 g/mol. The number of nitrogens with zero attached hydrogens (tertiary/aromatic N) is 2. The van der Waals surface area contributed by atoms with Crippen molar-refractivity contribution < 1.29 is 22.7 Å². The number of pyridine rings is 1. The highest BCUT2D eigenvalue weighted by Gasteiger charge is 2.31. The SMILES string of the molecule is Cc1ccc2c(c1)c1cc(C(=O)NCc3ccccn3)ccc1n2-c1ccc(OC(F)(F)F)cc1. The molecule has 5 nitrogen and oxygen atoms in total. The number of rotatable bonds is 5. The molecule has 35 heavy (non-hydrogen) atoms. The Balaban J connectivity index is 1.54. The van der Waals surface area contributed by atoms with E-state index in [1.54, 1.807) is 24.4 Å². The molecule has 0 saturated heterocycles. The second-order valence-electron chi connectivity index (χ2n) is 8.13. The van der Waals surface area contributed by atoms with Crippen LogP contribution < -0.4 is 10.1 Å². The zero-order valence-electron chi connectivity index (χ0n) is 18.6. The molecule has 0 saturated carbocycles. The zero-order chi connectivity index (χ0) is 24.6. The van der Waals surface area contributed by atoms with Crippen LogP contribution in [-0.2, 0) is 6.54 Å². The predicted molar refractivity (Wildman–Crippen MR) is 128 cm³/mol. The van der Waals surface area contributed by atoms with Gasteiger partial charge in [-0.05, 0) is 73.7 Å². The van der Waals surface area contributed by atoms with E-state index in [-0.39, 0.29) is 11.7 Å². The molecule has 1 amide bonds. The fourth-order valence-corrected chi connectivity index (χ4v) is 4.13. The fraction of sp³-hybridized carbons (Fsp3) is 0.111. The van der Waals surface area contributed by atoms with Crippen LogP contribution in [-0.4, -0.2) is 21.8 Å². The lowest BCUT2D eigenvalue weighted by molar-refractivity contribution is -0.274. The van der Waals surface area contributed by atoms with Gasteiger partial charge in [-0.15, -0.1) is 13.2 Å². The lowest BCUT2D eigenvalue weighted by Gasteiger charge is -2.11. The molecule has 8 heteroatoms. The van der Waals surface area contributed by atoms with Crippen LogP contribution in [0.3, 0.4) is 0 Å². The second kappa shape index (κ2) is 8.79. The van der Waals surface area contributed by atoms with Gasteiger partial charge in [0.1, 0.15) is 5.75 Å². The summed E-state index contributed by atoms with van der Waals surface area (Å²) in [7, 11) is 0. The molecular formula is C27H20F3N3O2. The van der Waals surface area contributed by atoms with Crippen molar-refractivity contribution in [2.24, 2.45) is 0 Å². The van der Waals surface area contributed by atoms with Crippen LogP contribution in [0.4, 0.5) is 13.2 Å². The summed E-state index contributed by atoms with van der Waals surface area (Å²) in [4.78, 5) is 17.1. The summed E-state index contributed by atoms with van der Waals surface area (Å²) in [5, 5.41) is 4.69. The van der Waals surface area contributed by atoms with Crippen molar-refractivity contribution in [1.29, 1.82) is 0 Å². The number of benzene rings is 3. The average Bonchev–Trinajstić information content (AvgIpc) is 3.15. The summed E-state index contributed by atoms with van der Waals surface area (Å²) < 4.78 is 43.6. The third kappa shape index (κ3) is 4.68. The van der Waals surface area contributed by atoms with Gasteiger partial charge in [0.2, 0.25) is 0 Å². The Bertz CT molecular complexity index is 1530. The smallest absolute Gasteiger partial charge is 0.406 e. The van der Waals surface area contributed by atoms with Crippen molar-refractivity contribution in [3.05, 3.63) is 102 Å². The van der Waals surface area contributed by atoms with Gasteiger partial charge in [-0.2, -0.15) is 0 Å². The monoisotopic (exact) mass is 475 g/mol. The minimum atomic E-state index is -4.75. The highest BCUT2D eigenvalue weighted by atomic mass is 19.4. The number of amides is 1. The molecule has 0 spiro atoms.